The van der Waals surface area contributed by atoms with Crippen LogP contribution in [0.4, 0.5) is 20.3 Å². The van der Waals surface area contributed by atoms with Crippen molar-refractivity contribution in [1.29, 1.82) is 0 Å². The van der Waals surface area contributed by atoms with Gasteiger partial charge < -0.3 is 5.32 Å². The van der Waals surface area contributed by atoms with Gasteiger partial charge in [-0.15, -0.1) is 10.2 Å². The smallest absolute Gasteiger partial charge is 0.183 e. The third kappa shape index (κ3) is 2.48. The van der Waals surface area contributed by atoms with Crippen molar-refractivity contribution in [2.75, 3.05) is 5.32 Å². The fourth-order valence-corrected chi connectivity index (χ4v) is 1.84. The number of nitrogens with one attached hydrogen (secondary N) is 1. The van der Waals surface area contributed by atoms with E-state index in [9.17, 15) is 8.78 Å². The van der Waals surface area contributed by atoms with Crippen LogP contribution in [0.25, 0.3) is 11.0 Å². The zero-order valence-corrected chi connectivity index (χ0v) is 10.6. The second-order valence-electron chi connectivity index (χ2n) is 3.92. The number of pyridine rings is 1. The van der Waals surface area contributed by atoms with Gasteiger partial charge in [0.25, 0.3) is 0 Å². The lowest BCUT2D eigenvalue weighted by Crippen LogP contribution is -2.01. The molecule has 0 saturated heterocycles. The maximum atomic E-state index is 13.1. The summed E-state index contributed by atoms with van der Waals surface area (Å²) in [5.41, 5.74) is 1.01. The lowest BCUT2D eigenvalue weighted by Gasteiger charge is -2.07. The fraction of sp³-hybridized carbons (Fsp3) is 0. The van der Waals surface area contributed by atoms with E-state index in [-0.39, 0.29) is 16.7 Å². The average Bonchev–Trinajstić information content (AvgIpc) is 2.38. The third-order valence-electron chi connectivity index (χ3n) is 2.49. The lowest BCUT2D eigenvalue weighted by atomic mass is 10.3. The summed E-state index contributed by atoms with van der Waals surface area (Å²) in [6.45, 7) is 0. The maximum absolute atomic E-state index is 13.1. The summed E-state index contributed by atoms with van der Waals surface area (Å²) in [5, 5.41) is 14.1. The molecular formula is C12H6ClF2N5. The number of hydrogen-bond acceptors (Lipinski definition) is 5. The molecule has 0 fully saturated rings. The molecule has 0 aliphatic heterocycles. The van der Waals surface area contributed by atoms with Crippen LogP contribution >= 0.6 is 11.6 Å². The van der Waals surface area contributed by atoms with E-state index in [1.54, 1.807) is 12.1 Å². The summed E-state index contributed by atoms with van der Waals surface area (Å²) < 4.78 is 26.3. The first-order valence-corrected chi connectivity index (χ1v) is 5.88. The summed E-state index contributed by atoms with van der Waals surface area (Å²) in [7, 11) is 0. The number of rotatable bonds is 2. The highest BCUT2D eigenvalue weighted by Gasteiger charge is 2.09. The number of aromatic nitrogens is 4. The Bertz CT molecular complexity index is 776. The van der Waals surface area contributed by atoms with Crippen LogP contribution < -0.4 is 5.32 Å². The Morgan fingerprint density at radius 3 is 2.50 bits per heavy atom. The van der Waals surface area contributed by atoms with Gasteiger partial charge in [-0.05, 0) is 29.5 Å². The molecule has 0 radical (unpaired) electrons. The summed E-state index contributed by atoms with van der Waals surface area (Å²) in [6, 6.07) is 6.21. The zero-order valence-electron chi connectivity index (χ0n) is 9.81. The van der Waals surface area contributed by atoms with Gasteiger partial charge in [0.05, 0.1) is 0 Å². The van der Waals surface area contributed by atoms with Crippen molar-refractivity contribution in [3.63, 3.8) is 0 Å². The van der Waals surface area contributed by atoms with Gasteiger partial charge in [0.2, 0.25) is 0 Å². The van der Waals surface area contributed by atoms with Crippen LogP contribution in [0.2, 0.25) is 5.15 Å². The molecule has 0 atom stereocenters. The minimum atomic E-state index is -0.704. The standard InChI is InChI=1S/C12H6ClF2N5/c13-10-2-1-9-11(17-10)12(19-20-18-9)16-8-4-6(14)3-7(15)5-8/h1-5H,(H,16,18,19). The average molecular weight is 294 g/mol. The number of fused-ring (bicyclic) bond motifs is 1. The van der Waals surface area contributed by atoms with Crippen molar-refractivity contribution >= 4 is 34.1 Å². The molecule has 3 aromatic rings. The van der Waals surface area contributed by atoms with Crippen LogP contribution in [0.5, 0.6) is 0 Å². The van der Waals surface area contributed by atoms with Crippen molar-refractivity contribution in [1.82, 2.24) is 20.4 Å². The van der Waals surface area contributed by atoms with E-state index in [1.807, 2.05) is 0 Å². The van der Waals surface area contributed by atoms with Crippen LogP contribution in [-0.2, 0) is 0 Å². The molecule has 0 saturated carbocycles. The topological polar surface area (TPSA) is 63.6 Å². The first-order chi connectivity index (χ1) is 9.61. The van der Waals surface area contributed by atoms with E-state index in [0.29, 0.717) is 11.0 Å². The second kappa shape index (κ2) is 4.93. The minimum absolute atomic E-state index is 0.186. The van der Waals surface area contributed by atoms with E-state index < -0.39 is 11.6 Å². The molecule has 1 N–H and O–H groups in total. The van der Waals surface area contributed by atoms with Crippen molar-refractivity contribution < 1.29 is 8.78 Å². The van der Waals surface area contributed by atoms with Gasteiger partial charge >= 0.3 is 0 Å². The van der Waals surface area contributed by atoms with Gasteiger partial charge in [-0.1, -0.05) is 11.6 Å². The minimum Gasteiger partial charge on any atom is -0.337 e. The Morgan fingerprint density at radius 2 is 1.75 bits per heavy atom. The molecule has 20 heavy (non-hydrogen) atoms. The number of halogens is 3. The van der Waals surface area contributed by atoms with E-state index in [2.05, 4.69) is 25.7 Å². The largest absolute Gasteiger partial charge is 0.337 e. The molecule has 0 spiro atoms. The molecule has 0 bridgehead atoms. The highest BCUT2D eigenvalue weighted by molar-refractivity contribution is 6.29. The summed E-state index contributed by atoms with van der Waals surface area (Å²) in [5.74, 6) is -1.20. The van der Waals surface area contributed by atoms with Crippen LogP contribution in [0.1, 0.15) is 0 Å². The Balaban J connectivity index is 2.08. The molecule has 0 unspecified atom stereocenters. The van der Waals surface area contributed by atoms with Crippen LogP contribution in [0, 0.1) is 11.6 Å². The van der Waals surface area contributed by atoms with Crippen molar-refractivity contribution in [3.8, 4) is 0 Å². The molecule has 0 aliphatic carbocycles. The zero-order chi connectivity index (χ0) is 14.1. The van der Waals surface area contributed by atoms with Crippen molar-refractivity contribution in [2.45, 2.75) is 0 Å². The molecule has 3 rings (SSSR count). The second-order valence-corrected chi connectivity index (χ2v) is 4.31. The summed E-state index contributed by atoms with van der Waals surface area (Å²) in [4.78, 5) is 4.07. The maximum Gasteiger partial charge on any atom is 0.183 e. The SMILES string of the molecule is Fc1cc(F)cc(Nc2nnnc3ccc(Cl)nc23)c1. The van der Waals surface area contributed by atoms with Gasteiger partial charge in [0.1, 0.15) is 27.8 Å². The quantitative estimate of drug-likeness (QED) is 0.736. The first kappa shape index (κ1) is 12.6. The van der Waals surface area contributed by atoms with Gasteiger partial charge in [0, 0.05) is 11.8 Å². The normalized spacial score (nSPS) is 10.8. The summed E-state index contributed by atoms with van der Waals surface area (Å²) in [6.07, 6.45) is 0. The molecule has 8 heteroatoms. The van der Waals surface area contributed by atoms with E-state index >= 15 is 0 Å². The van der Waals surface area contributed by atoms with Gasteiger partial charge in [-0.2, -0.15) is 0 Å². The van der Waals surface area contributed by atoms with Crippen molar-refractivity contribution in [3.05, 3.63) is 47.1 Å². The molecule has 0 aliphatic rings. The van der Waals surface area contributed by atoms with E-state index in [4.69, 9.17) is 11.6 Å². The highest BCUT2D eigenvalue weighted by atomic mass is 35.5. The molecular weight excluding hydrogens is 288 g/mol. The molecule has 2 aromatic heterocycles. The molecule has 100 valence electrons. The molecule has 2 heterocycles. The Labute approximate surface area is 116 Å². The summed E-state index contributed by atoms with van der Waals surface area (Å²) >= 11 is 5.81. The fourth-order valence-electron chi connectivity index (χ4n) is 1.69. The number of nitrogens with zero attached hydrogens (tertiary/aromatic N) is 4. The number of benzene rings is 1. The van der Waals surface area contributed by atoms with Crippen LogP contribution in [0.15, 0.2) is 30.3 Å². The van der Waals surface area contributed by atoms with E-state index in [1.165, 1.54) is 0 Å². The van der Waals surface area contributed by atoms with Crippen LogP contribution in [-0.4, -0.2) is 20.4 Å². The third-order valence-corrected chi connectivity index (χ3v) is 2.70. The Hall–Kier alpha value is -2.41. The first-order valence-electron chi connectivity index (χ1n) is 5.50. The van der Waals surface area contributed by atoms with Crippen LogP contribution in [0.3, 0.4) is 0 Å². The number of anilines is 2. The van der Waals surface area contributed by atoms with Gasteiger partial charge in [-0.3, -0.25) is 0 Å². The predicted molar refractivity (Wildman–Crippen MR) is 69.8 cm³/mol. The predicted octanol–water partition coefficient (Wildman–Crippen LogP) is 3.10. The number of hydrogen-bond donors (Lipinski definition) is 1. The van der Waals surface area contributed by atoms with E-state index in [0.717, 1.165) is 18.2 Å². The molecule has 0 amide bonds. The molecule has 5 nitrogen and oxygen atoms in total. The Kier molecular flexibility index (Phi) is 3.11. The lowest BCUT2D eigenvalue weighted by molar-refractivity contribution is 0.584. The highest BCUT2D eigenvalue weighted by Crippen LogP contribution is 2.23. The van der Waals surface area contributed by atoms with Gasteiger partial charge in [0.15, 0.2) is 5.82 Å². The monoisotopic (exact) mass is 293 g/mol. The molecule has 1 aromatic carbocycles. The van der Waals surface area contributed by atoms with Gasteiger partial charge in [-0.25, -0.2) is 13.8 Å². The Morgan fingerprint density at radius 1 is 1.00 bits per heavy atom. The van der Waals surface area contributed by atoms with Crippen molar-refractivity contribution in [2.24, 2.45) is 0 Å².